The number of hydrogen-bond acceptors (Lipinski definition) is 10. The molecule has 0 saturated heterocycles. The number of nitrogens with two attached hydrogens (primary N) is 1. The SMILES string of the molecule is COc1ccc(S(=O)(=O)NCc2ccc(-c3nnc(C(F)(F)F)o3)cc2)cc1.NCc1ccc(-c2nnc(C(F)(F)F)o2)cc1. The highest BCUT2D eigenvalue weighted by molar-refractivity contribution is 7.89. The van der Waals surface area contributed by atoms with E-state index in [4.69, 9.17) is 10.5 Å². The molecule has 2 heterocycles. The lowest BCUT2D eigenvalue weighted by Crippen LogP contribution is -2.23. The maximum absolute atomic E-state index is 12.5. The van der Waals surface area contributed by atoms with Crippen molar-refractivity contribution >= 4 is 10.0 Å². The molecule has 0 bridgehead atoms. The van der Waals surface area contributed by atoms with Gasteiger partial charge in [0.25, 0.3) is 0 Å². The molecular formula is C27H22F6N6O5S. The molecule has 0 saturated carbocycles. The van der Waals surface area contributed by atoms with Crippen molar-refractivity contribution in [2.24, 2.45) is 5.73 Å². The number of benzene rings is 3. The van der Waals surface area contributed by atoms with Gasteiger partial charge in [-0.3, -0.25) is 0 Å². The molecule has 11 nitrogen and oxygen atoms in total. The van der Waals surface area contributed by atoms with Gasteiger partial charge in [-0.2, -0.15) is 26.3 Å². The van der Waals surface area contributed by atoms with Gasteiger partial charge in [0, 0.05) is 24.2 Å². The Hall–Kier alpha value is -4.81. The highest BCUT2D eigenvalue weighted by atomic mass is 32.2. The van der Waals surface area contributed by atoms with Crippen molar-refractivity contribution < 1.29 is 48.3 Å². The summed E-state index contributed by atoms with van der Waals surface area (Å²) in [6.07, 6.45) is -9.34. The van der Waals surface area contributed by atoms with Gasteiger partial charge < -0.3 is 19.3 Å². The molecule has 0 aliphatic carbocycles. The lowest BCUT2D eigenvalue weighted by atomic mass is 10.1. The molecule has 0 fully saturated rings. The summed E-state index contributed by atoms with van der Waals surface area (Å²) >= 11 is 0. The Morgan fingerprint density at radius 2 is 1.16 bits per heavy atom. The molecule has 0 amide bonds. The first kappa shape index (κ1) is 33.1. The van der Waals surface area contributed by atoms with Crippen molar-refractivity contribution in [3.05, 3.63) is 95.7 Å². The number of aromatic nitrogens is 4. The topological polar surface area (TPSA) is 159 Å². The first-order valence-electron chi connectivity index (χ1n) is 12.5. The van der Waals surface area contributed by atoms with Gasteiger partial charge in [-0.15, -0.1) is 20.4 Å². The van der Waals surface area contributed by atoms with Crippen molar-refractivity contribution in [1.82, 2.24) is 25.1 Å². The maximum Gasteiger partial charge on any atom is 0.470 e. The van der Waals surface area contributed by atoms with Gasteiger partial charge in [0.05, 0.1) is 12.0 Å². The summed E-state index contributed by atoms with van der Waals surface area (Å²) in [6.45, 7) is 0.351. The zero-order valence-electron chi connectivity index (χ0n) is 22.9. The number of sulfonamides is 1. The third kappa shape index (κ3) is 8.64. The summed E-state index contributed by atoms with van der Waals surface area (Å²) in [7, 11) is -2.25. The highest BCUT2D eigenvalue weighted by Crippen LogP contribution is 2.31. The lowest BCUT2D eigenvalue weighted by Gasteiger charge is -2.08. The molecule has 45 heavy (non-hydrogen) atoms. The average Bonchev–Trinajstić information content (AvgIpc) is 3.72. The van der Waals surface area contributed by atoms with Crippen molar-refractivity contribution in [3.63, 3.8) is 0 Å². The Bertz CT molecular complexity index is 1810. The van der Waals surface area contributed by atoms with Gasteiger partial charge in [0.15, 0.2) is 0 Å². The van der Waals surface area contributed by atoms with Crippen LogP contribution >= 0.6 is 0 Å². The Kier molecular flexibility index (Phi) is 9.89. The van der Waals surface area contributed by atoms with Gasteiger partial charge >= 0.3 is 24.1 Å². The van der Waals surface area contributed by atoms with E-state index < -0.39 is 34.2 Å². The molecular weight excluding hydrogens is 634 g/mol. The van der Waals surface area contributed by atoms with Crippen LogP contribution < -0.4 is 15.2 Å². The second kappa shape index (κ2) is 13.4. The standard InChI is InChI=1S/C17H14F3N3O4S.C10H8F3N3O/c1-26-13-6-8-14(9-7-13)28(24,25)21-10-11-2-4-12(5-3-11)15-22-23-16(27-15)17(18,19)20;11-10(12,13)9-16-15-8(17-9)7-3-1-6(5-14)2-4-7/h2-9,21H,10H2,1H3;1-4H,5,14H2. The van der Waals surface area contributed by atoms with Crippen LogP contribution in [0.15, 0.2) is 86.5 Å². The van der Waals surface area contributed by atoms with Gasteiger partial charge in [-0.1, -0.05) is 24.3 Å². The van der Waals surface area contributed by atoms with Gasteiger partial charge in [-0.25, -0.2) is 13.1 Å². The number of methoxy groups -OCH3 is 1. The predicted molar refractivity (Wildman–Crippen MR) is 144 cm³/mol. The molecule has 18 heteroatoms. The van der Waals surface area contributed by atoms with Crippen LogP contribution in [-0.2, 0) is 35.5 Å². The van der Waals surface area contributed by atoms with Gasteiger partial charge in [-0.05, 0) is 59.7 Å². The Labute approximate surface area is 251 Å². The molecule has 238 valence electrons. The molecule has 0 radical (unpaired) electrons. The van der Waals surface area contributed by atoms with Gasteiger partial charge in [0.1, 0.15) is 5.75 Å². The van der Waals surface area contributed by atoms with Crippen LogP contribution in [0.2, 0.25) is 0 Å². The minimum Gasteiger partial charge on any atom is -0.497 e. The van der Waals surface area contributed by atoms with Crippen molar-refractivity contribution in [2.45, 2.75) is 30.3 Å². The smallest absolute Gasteiger partial charge is 0.470 e. The van der Waals surface area contributed by atoms with Crippen LogP contribution in [0.4, 0.5) is 26.3 Å². The fourth-order valence-electron chi connectivity index (χ4n) is 3.47. The van der Waals surface area contributed by atoms with E-state index in [1.54, 1.807) is 36.4 Å². The Morgan fingerprint density at radius 1 is 0.711 bits per heavy atom. The van der Waals surface area contributed by atoms with E-state index in [1.807, 2.05) is 0 Å². The van der Waals surface area contributed by atoms with Crippen molar-refractivity contribution in [1.29, 1.82) is 0 Å². The third-order valence-electron chi connectivity index (χ3n) is 5.81. The largest absolute Gasteiger partial charge is 0.497 e. The number of nitrogens with one attached hydrogen (secondary N) is 1. The number of halogens is 6. The summed E-state index contributed by atoms with van der Waals surface area (Å²) in [6, 6.07) is 18.4. The molecule has 2 aromatic heterocycles. The molecule has 3 N–H and O–H groups in total. The number of ether oxygens (including phenoxy) is 1. The molecule has 0 unspecified atom stereocenters. The number of nitrogens with zero attached hydrogens (tertiary/aromatic N) is 4. The van der Waals surface area contributed by atoms with Crippen LogP contribution in [0.25, 0.3) is 22.9 Å². The third-order valence-corrected chi connectivity index (χ3v) is 7.23. The average molecular weight is 657 g/mol. The normalized spacial score (nSPS) is 12.0. The molecule has 0 spiro atoms. The first-order chi connectivity index (χ1) is 21.2. The fraction of sp³-hybridized carbons (Fsp3) is 0.185. The molecule has 5 rings (SSSR count). The van der Waals surface area contributed by atoms with E-state index in [0.29, 0.717) is 23.4 Å². The van der Waals surface area contributed by atoms with E-state index in [0.717, 1.165) is 5.56 Å². The summed E-state index contributed by atoms with van der Waals surface area (Å²) < 4.78 is 115. The van der Waals surface area contributed by atoms with Crippen LogP contribution in [0.5, 0.6) is 5.75 Å². The van der Waals surface area contributed by atoms with Crippen molar-refractivity contribution in [3.8, 4) is 28.7 Å². The van der Waals surface area contributed by atoms with Crippen LogP contribution in [0, 0.1) is 0 Å². The minimum absolute atomic E-state index is 0.00766. The van der Waals surface area contributed by atoms with E-state index in [1.165, 1.54) is 43.5 Å². The van der Waals surface area contributed by atoms with E-state index in [-0.39, 0.29) is 28.8 Å². The van der Waals surface area contributed by atoms with E-state index in [2.05, 4.69) is 34.0 Å². The lowest BCUT2D eigenvalue weighted by molar-refractivity contribution is -0.157. The number of hydrogen-bond donors (Lipinski definition) is 2. The monoisotopic (exact) mass is 656 g/mol. The van der Waals surface area contributed by atoms with Gasteiger partial charge in [0.2, 0.25) is 21.8 Å². The Morgan fingerprint density at radius 3 is 1.53 bits per heavy atom. The fourth-order valence-corrected chi connectivity index (χ4v) is 4.49. The quantitative estimate of drug-likeness (QED) is 0.206. The van der Waals surface area contributed by atoms with Crippen LogP contribution in [0.3, 0.4) is 0 Å². The highest BCUT2D eigenvalue weighted by Gasteiger charge is 2.39. The number of alkyl halides is 6. The van der Waals surface area contributed by atoms with E-state index >= 15 is 0 Å². The first-order valence-corrected chi connectivity index (χ1v) is 14.0. The van der Waals surface area contributed by atoms with Crippen molar-refractivity contribution in [2.75, 3.05) is 7.11 Å². The second-order valence-corrected chi connectivity index (χ2v) is 10.7. The predicted octanol–water partition coefficient (Wildman–Crippen LogP) is 5.46. The second-order valence-electron chi connectivity index (χ2n) is 8.92. The molecule has 0 aliphatic heterocycles. The maximum atomic E-state index is 12.5. The minimum atomic E-state index is -4.72. The Balaban J connectivity index is 0.000000231. The zero-order chi connectivity index (χ0) is 32.8. The summed E-state index contributed by atoms with van der Waals surface area (Å²) in [4.78, 5) is 0.0791. The zero-order valence-corrected chi connectivity index (χ0v) is 23.7. The summed E-state index contributed by atoms with van der Waals surface area (Å²) in [5, 5.41) is 12.6. The van der Waals surface area contributed by atoms with Crippen LogP contribution in [-0.4, -0.2) is 35.9 Å². The molecule has 0 atom stereocenters. The molecule has 3 aromatic carbocycles. The number of rotatable bonds is 8. The molecule has 5 aromatic rings. The summed E-state index contributed by atoms with van der Waals surface area (Å²) in [5.74, 6) is -2.70. The van der Waals surface area contributed by atoms with E-state index in [9.17, 15) is 34.8 Å². The summed E-state index contributed by atoms with van der Waals surface area (Å²) in [5.41, 5.74) is 7.56. The molecule has 0 aliphatic rings. The van der Waals surface area contributed by atoms with Crippen LogP contribution in [0.1, 0.15) is 22.9 Å².